The van der Waals surface area contributed by atoms with Gasteiger partial charge in [-0.2, -0.15) is 13.2 Å². The molecule has 10 aromatic carbocycles. The number of ether oxygens (including phenoxy) is 2. The van der Waals surface area contributed by atoms with Crippen molar-refractivity contribution in [3.63, 3.8) is 0 Å². The molecular weight excluding hydrogens is 1990 g/mol. The molecule has 2 atom stereocenters. The van der Waals surface area contributed by atoms with Gasteiger partial charge in [0.25, 0.3) is 0 Å². The van der Waals surface area contributed by atoms with Crippen molar-refractivity contribution in [2.45, 2.75) is 432 Å². The Hall–Kier alpha value is -7.90. The molecule has 147 heavy (non-hydrogen) atoms. The lowest BCUT2D eigenvalue weighted by atomic mass is 9.77. The van der Waals surface area contributed by atoms with Crippen LogP contribution in [0, 0.1) is 13.5 Å². The number of phenolic OH excluding ortho intramolecular Hbond substituents is 6. The molecule has 0 aromatic heterocycles. The van der Waals surface area contributed by atoms with Gasteiger partial charge in [0.1, 0.15) is 51.7 Å². The Labute approximate surface area is 920 Å². The third kappa shape index (κ3) is 37.8. The van der Waals surface area contributed by atoms with Gasteiger partial charge in [0, 0.05) is 41.1 Å². The van der Waals surface area contributed by atoms with E-state index in [9.17, 15) is 48.2 Å². The van der Waals surface area contributed by atoms with Gasteiger partial charge < -0.3 is 40.1 Å². The summed E-state index contributed by atoms with van der Waals surface area (Å²) in [7, 11) is 3.39. The van der Waals surface area contributed by atoms with E-state index in [4.69, 9.17) is 97.3 Å². The largest absolute Gasteiger partial charge is 0.508 e. The van der Waals surface area contributed by atoms with Gasteiger partial charge in [-0.05, 0) is 358 Å². The molecule has 0 radical (unpaired) electrons. The Bertz CT molecular complexity index is 6060. The average molecular weight is 2170 g/mol. The number of aromatic hydroxyl groups is 6. The molecule has 5 fully saturated rings. The Kier molecular flexibility index (Phi) is 48.4. The molecular formula is C127H180Cl7F4NO8. The van der Waals surface area contributed by atoms with Crippen molar-refractivity contribution < 1.29 is 57.7 Å². The summed E-state index contributed by atoms with van der Waals surface area (Å²) in [5, 5.41) is 65.8. The van der Waals surface area contributed by atoms with Crippen LogP contribution in [0.2, 0.25) is 35.2 Å². The number of aryl methyl sites for hydroxylation is 3. The van der Waals surface area contributed by atoms with E-state index in [2.05, 4.69) is 226 Å². The van der Waals surface area contributed by atoms with E-state index < -0.39 is 23.7 Å². The number of benzene rings is 10. The smallest absolute Gasteiger partial charge is 0.393 e. The predicted octanol–water partition coefficient (Wildman–Crippen LogP) is 42.4. The highest BCUT2D eigenvalue weighted by Gasteiger charge is 2.53. The quantitative estimate of drug-likeness (QED) is 0.0587. The van der Waals surface area contributed by atoms with Crippen LogP contribution in [0.15, 0.2) is 133 Å². The second-order valence-electron chi connectivity index (χ2n) is 48.8. The zero-order valence-corrected chi connectivity index (χ0v) is 96.1. The average Bonchev–Trinajstić information content (AvgIpc) is 1.60. The van der Waals surface area contributed by atoms with Crippen LogP contribution in [-0.2, 0) is 73.4 Å². The number of hydrogen-bond donors (Lipinski definition) is 6. The minimum Gasteiger partial charge on any atom is -0.508 e. The van der Waals surface area contributed by atoms with Gasteiger partial charge in [-0.25, -0.2) is 9.24 Å². The Balaban J connectivity index is 0.000000557. The topological polar surface area (TPSA) is 144 Å². The summed E-state index contributed by atoms with van der Waals surface area (Å²) in [6, 6.07) is 41.7. The van der Waals surface area contributed by atoms with E-state index in [1.54, 1.807) is 33.3 Å². The van der Waals surface area contributed by atoms with Crippen LogP contribution in [0.1, 0.15) is 440 Å². The van der Waals surface area contributed by atoms with Crippen molar-refractivity contribution in [3.05, 3.63) is 280 Å². The Morgan fingerprint density at radius 3 is 1.01 bits per heavy atom. The van der Waals surface area contributed by atoms with E-state index in [0.29, 0.717) is 68.5 Å². The van der Waals surface area contributed by atoms with Crippen molar-refractivity contribution in [1.29, 1.82) is 0 Å². The normalized spacial score (nSPS) is 15.7. The molecule has 5 aliphatic rings. The summed E-state index contributed by atoms with van der Waals surface area (Å²) in [5.74, 6) is 5.14. The lowest BCUT2D eigenvalue weighted by Gasteiger charge is -2.29. The molecule has 818 valence electrons. The standard InChI is InChI=1S/C14H18ClFO.C14H16ClN.3C14H19ClO.C14H16O.C13H19ClO.C13H20O.C12H14ClF3O.5CH4/c1-13(2,3)9-5-8(10-7-14(10,4)16)11(15)6-12(9)17;1-14(2,3)11-7-10(9-5-6-9)12(15)8-13(11)16-4;1-13(2,3)10-7-9(14(4)5-6-14)11(15)8-12(10)16;1-14(2,3)11-7-10(9-5-6-9)12(15)8-13(11)16-4;1-14(2,3)11-7-10(9-5-4-6-9)12(15)8-13(11)16;1-14(2,3)12-8-10-6-4-5-7-11(10)9-13(12)15;1-6-9-7-10(13(2,3)4)12(15-5)8-11(9)14;1-6-10-8-12(14)11(7-9(10)2)13(3,4)5;1-11(2,3)8-4-7(6-12(14,15)16)9(13)5-10(8)17;;;;;/h5-6,10,17H,7H2,1-4H3;7-9H,5-6H2,1-3H3;7-8,16H,5-6H2,1-4H3;7-9H,5-6H2,1-4H3;7-9,16H,4-6H2,1-3H3;4-9,15H,1-3H3;7-8H,6H2,1-5H3;7-8,14H,6H2,1-5H3;4-5,17H,6H2,1-3H3;5*1H4. The Morgan fingerprint density at radius 2 is 0.646 bits per heavy atom. The summed E-state index contributed by atoms with van der Waals surface area (Å²) in [6.45, 7) is 73.8. The summed E-state index contributed by atoms with van der Waals surface area (Å²) in [6.07, 6.45) is 8.21. The van der Waals surface area contributed by atoms with Crippen molar-refractivity contribution in [1.82, 2.24) is 0 Å². The second kappa shape index (κ2) is 52.6. The number of nitrogens with zero attached hydrogens (tertiary/aromatic N) is 1. The van der Waals surface area contributed by atoms with Gasteiger partial charge in [-0.3, -0.25) is 0 Å². The first-order chi connectivity index (χ1) is 64.9. The fraction of sp³-hybridized carbons (Fsp3) is 0.535. The van der Waals surface area contributed by atoms with Gasteiger partial charge in [-0.1, -0.05) is 375 Å². The van der Waals surface area contributed by atoms with Crippen LogP contribution in [0.5, 0.6) is 46.0 Å². The molecule has 15 rings (SSSR count). The highest BCUT2D eigenvalue weighted by atomic mass is 35.5. The number of alkyl halides is 4. The summed E-state index contributed by atoms with van der Waals surface area (Å²) >= 11 is 42.9. The van der Waals surface area contributed by atoms with Gasteiger partial charge >= 0.3 is 6.18 Å². The molecule has 6 N–H and O–H groups in total. The molecule has 0 bridgehead atoms. The maximum Gasteiger partial charge on any atom is 0.393 e. The molecule has 5 aliphatic carbocycles. The predicted molar refractivity (Wildman–Crippen MR) is 629 cm³/mol. The van der Waals surface area contributed by atoms with Crippen LogP contribution in [0.25, 0.3) is 15.6 Å². The first-order valence-corrected chi connectivity index (χ1v) is 52.4. The first kappa shape index (κ1) is 135. The van der Waals surface area contributed by atoms with Crippen molar-refractivity contribution in [2.75, 3.05) is 14.2 Å². The van der Waals surface area contributed by atoms with Crippen LogP contribution < -0.4 is 9.47 Å². The first-order valence-electron chi connectivity index (χ1n) is 49.8. The lowest BCUT2D eigenvalue weighted by Crippen LogP contribution is -2.15. The minimum atomic E-state index is -4.31. The fourth-order valence-electron chi connectivity index (χ4n) is 17.3. The van der Waals surface area contributed by atoms with Crippen LogP contribution in [0.4, 0.5) is 23.2 Å². The van der Waals surface area contributed by atoms with Gasteiger partial charge in [-0.15, -0.1) is 0 Å². The van der Waals surface area contributed by atoms with Crippen LogP contribution in [0.3, 0.4) is 0 Å². The molecule has 10 aromatic rings. The SMILES string of the molecule is C.C.C.C.C.CC(C)(C)c1cc(C2(C)CC2)c(Cl)cc1O.CC(C)(C)c1cc(C2CC2(C)F)c(Cl)cc1O.CC(C)(C)c1cc(C2CCC2)c(Cl)cc1O.CC(C)(C)c1cc(CC(F)(F)F)c(Cl)cc1O.CC(C)(C)c1cc2ccccc2cc1O.CCc1cc(C(C)(C)C)c(OC)cc1Cl.CCc1cc(O)c(C(C)(C)C)cc1C.COc1cc(Cl)c(C2CC2)cc1C(C)(C)C.[C-]#[N+]c1cc(Cl)c(C2CC2)cc1C(C)(C)C. The molecule has 20 heteroatoms. The third-order valence-electron chi connectivity index (χ3n) is 26.9. The third-order valence-corrected chi connectivity index (χ3v) is 29.2. The molecule has 9 nitrogen and oxygen atoms in total. The zero-order valence-electron chi connectivity index (χ0n) is 90.8. The molecule has 0 amide bonds. The van der Waals surface area contributed by atoms with Gasteiger partial charge in [0.2, 0.25) is 0 Å². The summed E-state index contributed by atoms with van der Waals surface area (Å²) in [5.41, 5.74) is 17.6. The van der Waals surface area contributed by atoms with Gasteiger partial charge in [0.05, 0.1) is 27.2 Å². The fourth-order valence-corrected chi connectivity index (χ4v) is 19.4. The number of rotatable bonds is 10. The minimum absolute atomic E-state index is 0. The van der Waals surface area contributed by atoms with E-state index >= 15 is 0 Å². The number of hydrogen-bond acceptors (Lipinski definition) is 8. The van der Waals surface area contributed by atoms with Gasteiger partial charge in [0.15, 0.2) is 5.69 Å². The maximum atomic E-state index is 13.7. The highest BCUT2D eigenvalue weighted by Crippen LogP contribution is 2.58. The van der Waals surface area contributed by atoms with Crippen LogP contribution in [-0.4, -0.2) is 56.7 Å². The maximum absolute atomic E-state index is 13.7. The summed E-state index contributed by atoms with van der Waals surface area (Å²) in [4.78, 5) is 3.58. The highest BCUT2D eigenvalue weighted by molar-refractivity contribution is 6.34. The zero-order chi connectivity index (χ0) is 108. The monoisotopic (exact) mass is 2170 g/mol. The number of halogens is 11. The summed E-state index contributed by atoms with van der Waals surface area (Å²) < 4.78 is 61.5. The number of phenols is 6. The van der Waals surface area contributed by atoms with Crippen molar-refractivity contribution in [2.24, 2.45) is 0 Å². The molecule has 0 spiro atoms. The number of methoxy groups -OCH3 is 2. The molecule has 0 saturated heterocycles. The molecule has 2 unspecified atom stereocenters. The number of fused-ring (bicyclic) bond motifs is 1. The molecule has 0 aliphatic heterocycles. The van der Waals surface area contributed by atoms with E-state index in [0.717, 1.165) is 88.8 Å². The van der Waals surface area contributed by atoms with Crippen LogP contribution >= 0.6 is 81.2 Å². The molecule has 5 saturated carbocycles. The Morgan fingerprint density at radius 1 is 0.354 bits per heavy atom. The van der Waals surface area contributed by atoms with Crippen molar-refractivity contribution >= 4 is 97.7 Å². The van der Waals surface area contributed by atoms with E-state index in [1.165, 1.54) is 131 Å². The van der Waals surface area contributed by atoms with Crippen molar-refractivity contribution in [3.8, 4) is 46.0 Å². The lowest BCUT2D eigenvalue weighted by molar-refractivity contribution is -0.127. The molecule has 0 heterocycles. The van der Waals surface area contributed by atoms with E-state index in [1.807, 2.05) is 96.1 Å². The second-order valence-corrected chi connectivity index (χ2v) is 51.7. The van der Waals surface area contributed by atoms with E-state index in [-0.39, 0.29) is 114 Å².